The monoisotopic (exact) mass is 319 g/mol. The number of benzene rings is 1. The third-order valence-corrected chi connectivity index (χ3v) is 2.89. The number of hydrogen-bond acceptors (Lipinski definition) is 4. The van der Waals surface area contributed by atoms with E-state index in [0.29, 0.717) is 10.7 Å². The van der Waals surface area contributed by atoms with Crippen LogP contribution in [0.3, 0.4) is 0 Å². The van der Waals surface area contributed by atoms with Crippen molar-refractivity contribution in [2.24, 2.45) is 0 Å². The van der Waals surface area contributed by atoms with Crippen LogP contribution in [0.15, 0.2) is 42.6 Å². The van der Waals surface area contributed by atoms with Crippen molar-refractivity contribution in [1.29, 1.82) is 0 Å². The molecule has 0 radical (unpaired) electrons. The lowest BCUT2D eigenvalue weighted by atomic mass is 10.2. The normalized spacial score (nSPS) is 9.91. The fraction of sp³-hybridized carbons (Fsp3) is 0.133. The molecule has 1 aromatic carbocycles. The molecule has 1 aromatic heterocycles. The van der Waals surface area contributed by atoms with Crippen LogP contribution in [-0.2, 0) is 4.74 Å². The van der Waals surface area contributed by atoms with Crippen LogP contribution in [0.4, 0.5) is 16.3 Å². The topological polar surface area (TPSA) is 80.3 Å². The van der Waals surface area contributed by atoms with E-state index in [9.17, 15) is 9.59 Å². The highest BCUT2D eigenvalue weighted by Gasteiger charge is 2.15. The standard InChI is InChI=1S/C15H14ClN3O3/c1-2-22-14(20)12-4-3-9-17-13(12)19-15(21)18-11-7-5-10(16)6-8-11/h3-9H,2H2,1H3,(H2,17,18,19,21). The number of anilines is 2. The molecule has 114 valence electrons. The predicted molar refractivity (Wildman–Crippen MR) is 84.3 cm³/mol. The largest absolute Gasteiger partial charge is 0.462 e. The molecule has 0 aliphatic carbocycles. The summed E-state index contributed by atoms with van der Waals surface area (Å²) in [4.78, 5) is 27.7. The van der Waals surface area contributed by atoms with E-state index in [2.05, 4.69) is 15.6 Å². The summed E-state index contributed by atoms with van der Waals surface area (Å²) in [7, 11) is 0. The van der Waals surface area contributed by atoms with Crippen LogP contribution in [0.25, 0.3) is 0 Å². The second-order valence-electron chi connectivity index (χ2n) is 4.21. The molecule has 0 fully saturated rings. The minimum absolute atomic E-state index is 0.132. The van der Waals surface area contributed by atoms with E-state index < -0.39 is 12.0 Å². The minimum atomic E-state index is -0.544. The quantitative estimate of drug-likeness (QED) is 0.844. The molecule has 7 heteroatoms. The molecular formula is C15H14ClN3O3. The molecule has 0 spiro atoms. The van der Waals surface area contributed by atoms with Gasteiger partial charge in [0.15, 0.2) is 0 Å². The number of carbonyl (C=O) groups is 2. The number of amides is 2. The smallest absolute Gasteiger partial charge is 0.341 e. The van der Waals surface area contributed by atoms with Gasteiger partial charge in [0.2, 0.25) is 0 Å². The first-order valence-corrected chi connectivity index (χ1v) is 6.93. The lowest BCUT2D eigenvalue weighted by Gasteiger charge is -2.10. The van der Waals surface area contributed by atoms with Gasteiger partial charge in [-0.15, -0.1) is 0 Å². The molecule has 0 saturated carbocycles. The molecule has 0 aliphatic heterocycles. The zero-order valence-electron chi connectivity index (χ0n) is 11.8. The molecule has 2 N–H and O–H groups in total. The van der Waals surface area contributed by atoms with E-state index in [1.807, 2.05) is 0 Å². The van der Waals surface area contributed by atoms with Crippen LogP contribution >= 0.6 is 11.6 Å². The number of pyridine rings is 1. The Bertz CT molecular complexity index is 674. The second kappa shape index (κ2) is 7.42. The molecule has 1 heterocycles. The molecule has 0 unspecified atom stereocenters. The van der Waals surface area contributed by atoms with E-state index in [1.165, 1.54) is 12.3 Å². The Hall–Kier alpha value is -2.60. The van der Waals surface area contributed by atoms with Crippen LogP contribution in [0, 0.1) is 0 Å². The summed E-state index contributed by atoms with van der Waals surface area (Å²) in [6.45, 7) is 1.94. The number of carbonyl (C=O) groups excluding carboxylic acids is 2. The average Bonchev–Trinajstić information content (AvgIpc) is 2.50. The molecule has 0 saturated heterocycles. The zero-order chi connectivity index (χ0) is 15.9. The van der Waals surface area contributed by atoms with Crippen LogP contribution in [0.1, 0.15) is 17.3 Å². The van der Waals surface area contributed by atoms with Crippen LogP contribution in [0.2, 0.25) is 5.02 Å². The molecule has 2 aromatic rings. The van der Waals surface area contributed by atoms with E-state index >= 15 is 0 Å². The molecule has 0 bridgehead atoms. The van der Waals surface area contributed by atoms with Crippen LogP contribution in [-0.4, -0.2) is 23.6 Å². The van der Waals surface area contributed by atoms with E-state index in [1.54, 1.807) is 37.3 Å². The first-order valence-electron chi connectivity index (χ1n) is 6.56. The number of nitrogens with zero attached hydrogens (tertiary/aromatic N) is 1. The molecule has 2 amide bonds. The summed E-state index contributed by atoms with van der Waals surface area (Å²) in [5.41, 5.74) is 0.756. The highest BCUT2D eigenvalue weighted by atomic mass is 35.5. The average molecular weight is 320 g/mol. The lowest BCUT2D eigenvalue weighted by molar-refractivity contribution is 0.0527. The van der Waals surface area contributed by atoms with Gasteiger partial charge in [-0.2, -0.15) is 0 Å². The van der Waals surface area contributed by atoms with E-state index in [4.69, 9.17) is 16.3 Å². The minimum Gasteiger partial charge on any atom is -0.462 e. The van der Waals surface area contributed by atoms with Crippen molar-refractivity contribution in [2.75, 3.05) is 17.2 Å². The number of halogens is 1. The van der Waals surface area contributed by atoms with Gasteiger partial charge >= 0.3 is 12.0 Å². The van der Waals surface area contributed by atoms with Crippen molar-refractivity contribution < 1.29 is 14.3 Å². The first-order chi connectivity index (χ1) is 10.6. The maximum atomic E-state index is 12.0. The third-order valence-electron chi connectivity index (χ3n) is 2.64. The van der Waals surface area contributed by atoms with Gasteiger partial charge in [0.05, 0.1) is 6.61 Å². The van der Waals surface area contributed by atoms with Gasteiger partial charge < -0.3 is 10.1 Å². The van der Waals surface area contributed by atoms with Gasteiger partial charge in [0.25, 0.3) is 0 Å². The second-order valence-corrected chi connectivity index (χ2v) is 4.64. The number of nitrogens with one attached hydrogen (secondary N) is 2. The number of rotatable bonds is 4. The van der Waals surface area contributed by atoms with Crippen molar-refractivity contribution in [3.05, 3.63) is 53.2 Å². The SMILES string of the molecule is CCOC(=O)c1cccnc1NC(=O)Nc1ccc(Cl)cc1. The third kappa shape index (κ3) is 4.20. The summed E-state index contributed by atoms with van der Waals surface area (Å²) in [6, 6.07) is 9.23. The number of esters is 1. The van der Waals surface area contributed by atoms with Crippen molar-refractivity contribution in [1.82, 2.24) is 4.98 Å². The van der Waals surface area contributed by atoms with Crippen molar-refractivity contribution in [2.45, 2.75) is 6.92 Å². The zero-order valence-corrected chi connectivity index (χ0v) is 12.6. The fourth-order valence-corrected chi connectivity index (χ4v) is 1.81. The summed E-state index contributed by atoms with van der Waals surface area (Å²) < 4.78 is 4.92. The Morgan fingerprint density at radius 3 is 2.59 bits per heavy atom. The molecule has 0 atom stereocenters. The van der Waals surface area contributed by atoms with E-state index in [-0.39, 0.29) is 18.0 Å². The van der Waals surface area contributed by atoms with Crippen molar-refractivity contribution in [3.8, 4) is 0 Å². The fourth-order valence-electron chi connectivity index (χ4n) is 1.68. The van der Waals surface area contributed by atoms with Gasteiger partial charge in [0, 0.05) is 16.9 Å². The van der Waals surface area contributed by atoms with Gasteiger partial charge in [-0.05, 0) is 43.3 Å². The van der Waals surface area contributed by atoms with E-state index in [0.717, 1.165) is 0 Å². The number of aromatic nitrogens is 1. The molecular weight excluding hydrogens is 306 g/mol. The van der Waals surface area contributed by atoms with Crippen LogP contribution < -0.4 is 10.6 Å². The van der Waals surface area contributed by atoms with Gasteiger partial charge in [-0.1, -0.05) is 11.6 Å². The lowest BCUT2D eigenvalue weighted by Crippen LogP contribution is -2.22. The number of ether oxygens (including phenoxy) is 1. The molecule has 6 nitrogen and oxygen atoms in total. The number of hydrogen-bond donors (Lipinski definition) is 2. The Morgan fingerprint density at radius 1 is 1.18 bits per heavy atom. The molecule has 0 aliphatic rings. The van der Waals surface area contributed by atoms with Gasteiger partial charge in [-0.25, -0.2) is 14.6 Å². The summed E-state index contributed by atoms with van der Waals surface area (Å²) in [5, 5.41) is 5.70. The highest BCUT2D eigenvalue weighted by Crippen LogP contribution is 2.15. The van der Waals surface area contributed by atoms with Crippen molar-refractivity contribution >= 4 is 35.1 Å². The summed E-state index contributed by atoms with van der Waals surface area (Å²) in [5.74, 6) is -0.412. The maximum Gasteiger partial charge on any atom is 0.341 e. The Kier molecular flexibility index (Phi) is 5.32. The van der Waals surface area contributed by atoms with Gasteiger partial charge in [0.1, 0.15) is 11.4 Å². The summed E-state index contributed by atoms with van der Waals surface area (Å²) in [6.07, 6.45) is 1.47. The van der Waals surface area contributed by atoms with Gasteiger partial charge in [-0.3, -0.25) is 5.32 Å². The Labute approximate surface area is 132 Å². The number of urea groups is 1. The Morgan fingerprint density at radius 2 is 1.91 bits per heavy atom. The first kappa shape index (κ1) is 15.8. The molecule has 2 rings (SSSR count). The maximum absolute atomic E-state index is 12.0. The Balaban J connectivity index is 2.08. The highest BCUT2D eigenvalue weighted by molar-refractivity contribution is 6.30. The van der Waals surface area contributed by atoms with Crippen LogP contribution in [0.5, 0.6) is 0 Å². The summed E-state index contributed by atoms with van der Waals surface area (Å²) >= 11 is 5.77. The van der Waals surface area contributed by atoms with Crippen molar-refractivity contribution in [3.63, 3.8) is 0 Å². The molecule has 22 heavy (non-hydrogen) atoms. The predicted octanol–water partition coefficient (Wildman–Crippen LogP) is 3.56.